The lowest BCUT2D eigenvalue weighted by Crippen LogP contribution is -2.36. The van der Waals surface area contributed by atoms with E-state index in [0.717, 1.165) is 17.4 Å². The zero-order chi connectivity index (χ0) is 6.20. The molecule has 1 nitrogen and oxygen atoms in total. The highest BCUT2D eigenvalue weighted by molar-refractivity contribution is 4.60. The number of hydrogen-bond acceptors (Lipinski definition) is 0. The predicted octanol–water partition coefficient (Wildman–Crippen LogP) is 0.805. The lowest BCUT2D eigenvalue weighted by molar-refractivity contribution is -0.878. The number of halogens is 1. The van der Waals surface area contributed by atoms with Gasteiger partial charge in [0.1, 0.15) is 6.54 Å². The molecule has 0 N–H and O–H groups in total. The Morgan fingerprint density at radius 3 is 2.25 bits per heavy atom. The van der Waals surface area contributed by atoms with Gasteiger partial charge in [0.05, 0.1) is 20.6 Å². The van der Waals surface area contributed by atoms with E-state index in [9.17, 15) is 4.39 Å². The molecule has 0 spiro atoms. The second kappa shape index (κ2) is 1.69. The molecule has 0 unspecified atom stereocenters. The molecule has 1 aliphatic heterocycles. The van der Waals surface area contributed by atoms with Crippen molar-refractivity contribution < 1.29 is 8.87 Å². The molecule has 8 heavy (non-hydrogen) atoms. The predicted molar refractivity (Wildman–Crippen MR) is 31.4 cm³/mol. The quantitative estimate of drug-likeness (QED) is 0.413. The summed E-state index contributed by atoms with van der Waals surface area (Å²) in [6.07, 6.45) is 0.220. The molecule has 1 aliphatic rings. The first-order valence-electron chi connectivity index (χ1n) is 3.06. The summed E-state index contributed by atoms with van der Waals surface area (Å²) in [5.74, 6) is 0. The fraction of sp³-hybridized carbons (Fsp3) is 1.00. The second-order valence-electron chi connectivity index (χ2n) is 3.23. The lowest BCUT2D eigenvalue weighted by Gasteiger charge is -2.21. The summed E-state index contributed by atoms with van der Waals surface area (Å²) in [6, 6.07) is 0. The SMILES string of the molecule is C[N+]1(C)CC[C@@H](F)C1. The van der Waals surface area contributed by atoms with E-state index in [-0.39, 0.29) is 0 Å². The molecule has 1 atom stereocenters. The molecule has 0 bridgehead atoms. The summed E-state index contributed by atoms with van der Waals surface area (Å²) < 4.78 is 13.3. The first-order valence-corrected chi connectivity index (χ1v) is 3.06. The summed E-state index contributed by atoms with van der Waals surface area (Å²) in [5.41, 5.74) is 0. The second-order valence-corrected chi connectivity index (χ2v) is 3.23. The van der Waals surface area contributed by atoms with Gasteiger partial charge in [-0.25, -0.2) is 4.39 Å². The van der Waals surface area contributed by atoms with Gasteiger partial charge in [-0.1, -0.05) is 0 Å². The Bertz CT molecular complexity index is 90.5. The Balaban J connectivity index is 2.44. The van der Waals surface area contributed by atoms with Crippen molar-refractivity contribution in [3.63, 3.8) is 0 Å². The molecular weight excluding hydrogens is 105 g/mol. The van der Waals surface area contributed by atoms with Gasteiger partial charge >= 0.3 is 0 Å². The third-order valence-corrected chi connectivity index (χ3v) is 1.74. The minimum Gasteiger partial charge on any atom is -0.326 e. The molecule has 1 saturated heterocycles. The van der Waals surface area contributed by atoms with Crippen LogP contribution in [0.25, 0.3) is 0 Å². The van der Waals surface area contributed by atoms with Gasteiger partial charge in [0.2, 0.25) is 0 Å². The number of quaternary nitrogens is 1. The van der Waals surface area contributed by atoms with Crippen molar-refractivity contribution in [3.05, 3.63) is 0 Å². The van der Waals surface area contributed by atoms with Crippen LogP contribution in [0.5, 0.6) is 0 Å². The van der Waals surface area contributed by atoms with Crippen LogP contribution < -0.4 is 0 Å². The number of likely N-dealkylation sites (tertiary alicyclic amines) is 1. The van der Waals surface area contributed by atoms with Crippen molar-refractivity contribution in [1.29, 1.82) is 0 Å². The fourth-order valence-electron chi connectivity index (χ4n) is 1.21. The molecular formula is C6H13FN+. The Morgan fingerprint density at radius 2 is 2.12 bits per heavy atom. The maximum absolute atomic E-state index is 12.4. The van der Waals surface area contributed by atoms with Crippen LogP contribution in [0.3, 0.4) is 0 Å². The van der Waals surface area contributed by atoms with Crippen molar-refractivity contribution in [1.82, 2.24) is 0 Å². The van der Waals surface area contributed by atoms with E-state index in [1.807, 2.05) is 0 Å². The molecule has 0 aromatic heterocycles. The average molecular weight is 118 g/mol. The van der Waals surface area contributed by atoms with Gasteiger partial charge in [0.25, 0.3) is 0 Å². The molecule has 2 heteroatoms. The van der Waals surface area contributed by atoms with Gasteiger partial charge in [0, 0.05) is 6.42 Å². The molecule has 0 amide bonds. The summed E-state index contributed by atoms with van der Waals surface area (Å²) in [7, 11) is 4.14. The van der Waals surface area contributed by atoms with Crippen LogP contribution in [0.2, 0.25) is 0 Å². The van der Waals surface area contributed by atoms with Crippen molar-refractivity contribution in [2.45, 2.75) is 12.6 Å². The highest BCUT2D eigenvalue weighted by atomic mass is 19.1. The van der Waals surface area contributed by atoms with Crippen LogP contribution in [0.1, 0.15) is 6.42 Å². The Labute approximate surface area is 49.7 Å². The highest BCUT2D eigenvalue weighted by Crippen LogP contribution is 2.15. The minimum atomic E-state index is -0.537. The van der Waals surface area contributed by atoms with Crippen molar-refractivity contribution in [2.24, 2.45) is 0 Å². The normalized spacial score (nSPS) is 35.6. The van der Waals surface area contributed by atoms with E-state index in [1.165, 1.54) is 0 Å². The molecule has 0 radical (unpaired) electrons. The van der Waals surface area contributed by atoms with Gasteiger partial charge in [-0.3, -0.25) is 0 Å². The third kappa shape index (κ3) is 1.19. The van der Waals surface area contributed by atoms with Crippen LogP contribution in [-0.2, 0) is 0 Å². The number of hydrogen-bond donors (Lipinski definition) is 0. The van der Waals surface area contributed by atoms with Crippen LogP contribution in [-0.4, -0.2) is 37.8 Å². The molecule has 48 valence electrons. The highest BCUT2D eigenvalue weighted by Gasteiger charge is 2.29. The smallest absolute Gasteiger partial charge is 0.154 e. The van der Waals surface area contributed by atoms with E-state index in [1.54, 1.807) is 0 Å². The fourth-order valence-corrected chi connectivity index (χ4v) is 1.21. The molecule has 0 saturated carbocycles. The van der Waals surface area contributed by atoms with E-state index in [2.05, 4.69) is 14.1 Å². The average Bonchev–Trinajstić information content (AvgIpc) is 1.82. The van der Waals surface area contributed by atoms with Crippen molar-refractivity contribution >= 4 is 0 Å². The van der Waals surface area contributed by atoms with Gasteiger partial charge in [0.15, 0.2) is 6.17 Å². The number of rotatable bonds is 0. The Morgan fingerprint density at radius 1 is 1.50 bits per heavy atom. The maximum Gasteiger partial charge on any atom is 0.154 e. The molecule has 0 aromatic rings. The first kappa shape index (κ1) is 6.02. The molecule has 0 aromatic carbocycles. The molecule has 1 fully saturated rings. The zero-order valence-electron chi connectivity index (χ0n) is 5.52. The minimum absolute atomic E-state index is 0.537. The van der Waals surface area contributed by atoms with E-state index >= 15 is 0 Å². The van der Waals surface area contributed by atoms with Gasteiger partial charge in [-0.05, 0) is 0 Å². The molecule has 1 rings (SSSR count). The van der Waals surface area contributed by atoms with Crippen LogP contribution in [0.15, 0.2) is 0 Å². The monoisotopic (exact) mass is 118 g/mol. The zero-order valence-corrected chi connectivity index (χ0v) is 5.52. The van der Waals surface area contributed by atoms with Crippen LogP contribution in [0, 0.1) is 0 Å². The summed E-state index contributed by atoms with van der Waals surface area (Å²) in [6.45, 7) is 1.71. The summed E-state index contributed by atoms with van der Waals surface area (Å²) in [5, 5.41) is 0. The summed E-state index contributed by atoms with van der Waals surface area (Å²) in [4.78, 5) is 0. The standard InChI is InChI=1S/C6H13FN/c1-8(2)4-3-6(7)5-8/h6H,3-5H2,1-2H3/q+1/t6-/m1/s1. The molecule has 0 aliphatic carbocycles. The number of nitrogens with zero attached hydrogens (tertiary/aromatic N) is 1. The van der Waals surface area contributed by atoms with Crippen LogP contribution >= 0.6 is 0 Å². The van der Waals surface area contributed by atoms with Gasteiger partial charge in [-0.2, -0.15) is 0 Å². The topological polar surface area (TPSA) is 0 Å². The van der Waals surface area contributed by atoms with E-state index in [4.69, 9.17) is 0 Å². The Hall–Kier alpha value is -0.110. The van der Waals surface area contributed by atoms with Gasteiger partial charge in [-0.15, -0.1) is 0 Å². The third-order valence-electron chi connectivity index (χ3n) is 1.74. The molecule has 1 heterocycles. The number of alkyl halides is 1. The first-order chi connectivity index (χ1) is 3.60. The van der Waals surface area contributed by atoms with E-state index < -0.39 is 6.17 Å². The Kier molecular flexibility index (Phi) is 1.27. The van der Waals surface area contributed by atoms with Crippen molar-refractivity contribution in [3.8, 4) is 0 Å². The lowest BCUT2D eigenvalue weighted by atomic mass is 10.3. The largest absolute Gasteiger partial charge is 0.326 e. The van der Waals surface area contributed by atoms with Gasteiger partial charge < -0.3 is 4.48 Å². The van der Waals surface area contributed by atoms with E-state index in [0.29, 0.717) is 6.54 Å². The summed E-state index contributed by atoms with van der Waals surface area (Å²) >= 11 is 0. The van der Waals surface area contributed by atoms with Crippen LogP contribution in [0.4, 0.5) is 4.39 Å². The maximum atomic E-state index is 12.4. The van der Waals surface area contributed by atoms with Crippen molar-refractivity contribution in [2.75, 3.05) is 27.2 Å².